The lowest BCUT2D eigenvalue weighted by molar-refractivity contribution is 0.102. The lowest BCUT2D eigenvalue weighted by atomic mass is 10.1. The molecule has 1 amide bonds. The van der Waals surface area contributed by atoms with Crippen LogP contribution in [0.25, 0.3) is 0 Å². The lowest BCUT2D eigenvalue weighted by Crippen LogP contribution is -2.15. The summed E-state index contributed by atoms with van der Waals surface area (Å²) in [5, 5.41) is 14.1. The number of aryl methyl sites for hydroxylation is 2. The second-order valence-electron chi connectivity index (χ2n) is 5.90. The minimum Gasteiger partial charge on any atom is -0.495 e. The molecule has 0 aliphatic heterocycles. The fourth-order valence-corrected chi connectivity index (χ4v) is 2.55. The number of aromatic nitrogens is 2. The molecular weight excluding hydrogens is 328 g/mol. The Kier molecular flexibility index (Phi) is 5.12. The number of anilines is 3. The highest BCUT2D eigenvalue weighted by Gasteiger charge is 2.11. The van der Waals surface area contributed by atoms with Crippen LogP contribution >= 0.6 is 0 Å². The van der Waals surface area contributed by atoms with Crippen LogP contribution in [-0.2, 0) is 0 Å². The van der Waals surface area contributed by atoms with Gasteiger partial charge < -0.3 is 15.4 Å². The van der Waals surface area contributed by atoms with E-state index in [4.69, 9.17) is 4.74 Å². The summed E-state index contributed by atoms with van der Waals surface area (Å²) in [5.41, 5.74) is 3.93. The highest BCUT2D eigenvalue weighted by molar-refractivity contribution is 6.03. The monoisotopic (exact) mass is 348 g/mol. The number of hydrogen-bond donors (Lipinski definition) is 2. The van der Waals surface area contributed by atoms with Gasteiger partial charge in [-0.2, -0.15) is 0 Å². The first-order valence-electron chi connectivity index (χ1n) is 8.19. The molecule has 2 N–H and O–H groups in total. The summed E-state index contributed by atoms with van der Waals surface area (Å²) in [4.78, 5) is 12.4. The summed E-state index contributed by atoms with van der Waals surface area (Å²) in [5.74, 6) is 0.928. The molecule has 0 spiro atoms. The molecular formula is C20H20N4O2. The van der Waals surface area contributed by atoms with Gasteiger partial charge in [-0.25, -0.2) is 0 Å². The van der Waals surface area contributed by atoms with Gasteiger partial charge in [-0.3, -0.25) is 4.79 Å². The third-order valence-corrected chi connectivity index (χ3v) is 3.90. The van der Waals surface area contributed by atoms with Crippen LogP contribution in [-0.4, -0.2) is 23.2 Å². The van der Waals surface area contributed by atoms with E-state index in [0.29, 0.717) is 11.6 Å². The largest absolute Gasteiger partial charge is 0.495 e. The fraction of sp³-hybridized carbons (Fsp3) is 0.150. The van der Waals surface area contributed by atoms with Gasteiger partial charge in [-0.15, -0.1) is 10.2 Å². The topological polar surface area (TPSA) is 76.1 Å². The zero-order valence-electron chi connectivity index (χ0n) is 14.9. The number of amides is 1. The molecule has 0 unspecified atom stereocenters. The molecule has 6 heteroatoms. The quantitative estimate of drug-likeness (QED) is 0.726. The number of methoxy groups -OCH3 is 1. The number of nitrogens with zero attached hydrogens (tertiary/aromatic N) is 2. The molecule has 132 valence electrons. The van der Waals surface area contributed by atoms with Gasteiger partial charge in [0.05, 0.1) is 12.8 Å². The summed E-state index contributed by atoms with van der Waals surface area (Å²) in [6, 6.07) is 16.7. The molecule has 0 aliphatic carbocycles. The maximum Gasteiger partial charge on any atom is 0.276 e. The first-order valence-corrected chi connectivity index (χ1v) is 8.19. The number of hydrogen-bond acceptors (Lipinski definition) is 5. The summed E-state index contributed by atoms with van der Waals surface area (Å²) >= 11 is 0. The van der Waals surface area contributed by atoms with E-state index in [1.807, 2.05) is 56.3 Å². The van der Waals surface area contributed by atoms with E-state index in [1.54, 1.807) is 19.2 Å². The number of nitrogens with one attached hydrogen (secondary N) is 2. The maximum absolute atomic E-state index is 12.4. The van der Waals surface area contributed by atoms with Crippen LogP contribution in [0.2, 0.25) is 0 Å². The summed E-state index contributed by atoms with van der Waals surface area (Å²) in [6.45, 7) is 3.96. The normalized spacial score (nSPS) is 10.3. The van der Waals surface area contributed by atoms with Crippen LogP contribution in [0, 0.1) is 13.8 Å². The smallest absolute Gasteiger partial charge is 0.276 e. The number of carbonyl (C=O) groups is 1. The van der Waals surface area contributed by atoms with Crippen molar-refractivity contribution in [3.8, 4) is 5.75 Å². The van der Waals surface area contributed by atoms with Crippen molar-refractivity contribution in [2.24, 2.45) is 0 Å². The molecule has 1 aromatic heterocycles. The van der Waals surface area contributed by atoms with Crippen molar-refractivity contribution in [3.05, 3.63) is 71.4 Å². The highest BCUT2D eigenvalue weighted by atomic mass is 16.5. The van der Waals surface area contributed by atoms with Gasteiger partial charge >= 0.3 is 0 Å². The molecule has 0 aliphatic rings. The van der Waals surface area contributed by atoms with Crippen LogP contribution in [0.5, 0.6) is 5.75 Å². The minimum absolute atomic E-state index is 0.246. The van der Waals surface area contributed by atoms with Gasteiger partial charge in [0.15, 0.2) is 11.5 Å². The molecule has 26 heavy (non-hydrogen) atoms. The van der Waals surface area contributed by atoms with Crippen molar-refractivity contribution in [2.45, 2.75) is 13.8 Å². The predicted octanol–water partition coefficient (Wildman–Crippen LogP) is 4.10. The van der Waals surface area contributed by atoms with Crippen LogP contribution in [0.15, 0.2) is 54.6 Å². The van der Waals surface area contributed by atoms with Crippen LogP contribution < -0.4 is 15.4 Å². The number of benzene rings is 2. The van der Waals surface area contributed by atoms with E-state index in [2.05, 4.69) is 20.8 Å². The first kappa shape index (κ1) is 17.4. The molecule has 0 radical (unpaired) electrons. The van der Waals surface area contributed by atoms with E-state index in [1.165, 1.54) is 0 Å². The molecule has 6 nitrogen and oxygen atoms in total. The van der Waals surface area contributed by atoms with Gasteiger partial charge in [-0.1, -0.05) is 29.8 Å². The Morgan fingerprint density at radius 3 is 2.46 bits per heavy atom. The van der Waals surface area contributed by atoms with Crippen LogP contribution in [0.3, 0.4) is 0 Å². The van der Waals surface area contributed by atoms with Crippen molar-refractivity contribution in [1.29, 1.82) is 0 Å². The second-order valence-corrected chi connectivity index (χ2v) is 5.90. The van der Waals surface area contributed by atoms with E-state index < -0.39 is 0 Å². The Balaban J connectivity index is 1.71. The zero-order chi connectivity index (χ0) is 18.5. The molecule has 3 aromatic rings. The highest BCUT2D eigenvalue weighted by Crippen LogP contribution is 2.25. The average molecular weight is 348 g/mol. The molecule has 0 saturated heterocycles. The van der Waals surface area contributed by atoms with Crippen molar-refractivity contribution in [1.82, 2.24) is 10.2 Å². The molecule has 1 heterocycles. The van der Waals surface area contributed by atoms with E-state index in [0.717, 1.165) is 22.5 Å². The minimum atomic E-state index is -0.298. The predicted molar refractivity (Wildman–Crippen MR) is 102 cm³/mol. The summed E-state index contributed by atoms with van der Waals surface area (Å²) < 4.78 is 5.29. The summed E-state index contributed by atoms with van der Waals surface area (Å²) in [7, 11) is 1.60. The Labute approximate surface area is 152 Å². The Morgan fingerprint density at radius 1 is 0.962 bits per heavy atom. The van der Waals surface area contributed by atoms with Gasteiger partial charge in [0, 0.05) is 5.69 Å². The van der Waals surface area contributed by atoms with Crippen molar-refractivity contribution in [3.63, 3.8) is 0 Å². The van der Waals surface area contributed by atoms with E-state index >= 15 is 0 Å². The van der Waals surface area contributed by atoms with E-state index in [-0.39, 0.29) is 11.6 Å². The molecule has 0 saturated carbocycles. The van der Waals surface area contributed by atoms with Gasteiger partial charge in [-0.05, 0) is 49.7 Å². The standard InChI is InChI=1S/C20H20N4O2/c1-13-8-9-15(14(2)12-13)22-20(25)17-10-11-19(24-23-17)21-16-6-4-5-7-18(16)26-3/h4-12H,1-3H3,(H,21,24)(H,22,25). The average Bonchev–Trinajstić information content (AvgIpc) is 2.65. The van der Waals surface area contributed by atoms with Crippen molar-refractivity contribution in [2.75, 3.05) is 17.7 Å². The third kappa shape index (κ3) is 3.97. The number of ether oxygens (including phenoxy) is 1. The molecule has 0 atom stereocenters. The molecule has 0 fully saturated rings. The van der Waals surface area contributed by atoms with Gasteiger partial charge in [0.25, 0.3) is 5.91 Å². The maximum atomic E-state index is 12.4. The SMILES string of the molecule is COc1ccccc1Nc1ccc(C(=O)Nc2ccc(C)cc2C)nn1. The summed E-state index contributed by atoms with van der Waals surface area (Å²) in [6.07, 6.45) is 0. The Hall–Kier alpha value is -3.41. The second kappa shape index (κ2) is 7.65. The van der Waals surface area contributed by atoms with Crippen molar-refractivity contribution >= 4 is 23.1 Å². The van der Waals surface area contributed by atoms with Gasteiger partial charge in [0.2, 0.25) is 0 Å². The Bertz CT molecular complexity index is 923. The fourth-order valence-electron chi connectivity index (χ4n) is 2.55. The third-order valence-electron chi connectivity index (χ3n) is 3.90. The lowest BCUT2D eigenvalue weighted by Gasteiger charge is -2.10. The number of para-hydroxylation sites is 2. The van der Waals surface area contributed by atoms with E-state index in [9.17, 15) is 4.79 Å². The molecule has 2 aromatic carbocycles. The van der Waals surface area contributed by atoms with Crippen molar-refractivity contribution < 1.29 is 9.53 Å². The van der Waals surface area contributed by atoms with Crippen LogP contribution in [0.1, 0.15) is 21.6 Å². The number of carbonyl (C=O) groups excluding carboxylic acids is 1. The van der Waals surface area contributed by atoms with Crippen LogP contribution in [0.4, 0.5) is 17.2 Å². The first-order chi connectivity index (χ1) is 12.6. The molecule has 0 bridgehead atoms. The van der Waals surface area contributed by atoms with Gasteiger partial charge in [0.1, 0.15) is 5.75 Å². The Morgan fingerprint density at radius 2 is 1.77 bits per heavy atom. The zero-order valence-corrected chi connectivity index (χ0v) is 14.9. The number of rotatable bonds is 5. The molecule has 3 rings (SSSR count).